The Morgan fingerprint density at radius 3 is 2.45 bits per heavy atom. The van der Waals surface area contributed by atoms with E-state index in [1.165, 1.54) is 10.5 Å². The summed E-state index contributed by atoms with van der Waals surface area (Å²) >= 11 is 15.6. The molecular weight excluding hydrogens is 477 g/mol. The number of rotatable bonds is 6. The minimum absolute atomic E-state index is 0.163. The van der Waals surface area contributed by atoms with Gasteiger partial charge in [-0.2, -0.15) is 0 Å². The lowest BCUT2D eigenvalue weighted by molar-refractivity contribution is -0.134. The molecule has 1 aliphatic heterocycles. The molecule has 0 aliphatic carbocycles. The van der Waals surface area contributed by atoms with Crippen LogP contribution in [0.3, 0.4) is 0 Å². The Morgan fingerprint density at radius 1 is 1.17 bits per heavy atom. The van der Waals surface area contributed by atoms with Crippen LogP contribution in [-0.4, -0.2) is 61.4 Å². The largest absolute Gasteiger partial charge is 0.331 e. The predicted molar refractivity (Wildman–Crippen MR) is 121 cm³/mol. The zero-order valence-corrected chi connectivity index (χ0v) is 19.1. The van der Waals surface area contributed by atoms with Gasteiger partial charge >= 0.3 is 0 Å². The number of hydrogen-bond donors (Lipinski definition) is 0. The summed E-state index contributed by atoms with van der Waals surface area (Å²) in [4.78, 5) is 30.0. The minimum atomic E-state index is -0.547. The number of halogens is 3. The van der Waals surface area contributed by atoms with E-state index in [1.807, 2.05) is 12.1 Å². The first-order chi connectivity index (χ1) is 13.9. The molecule has 29 heavy (non-hydrogen) atoms. The van der Waals surface area contributed by atoms with E-state index >= 15 is 0 Å². The van der Waals surface area contributed by atoms with Gasteiger partial charge in [-0.3, -0.25) is 14.5 Å². The topological polar surface area (TPSA) is 43.9 Å². The maximum absolute atomic E-state index is 13.2. The second-order valence-corrected chi connectivity index (χ2v) is 8.85. The molecule has 1 saturated heterocycles. The summed E-state index contributed by atoms with van der Waals surface area (Å²) in [6.07, 6.45) is 1.64. The van der Waals surface area contributed by atoms with Crippen molar-refractivity contribution in [3.63, 3.8) is 0 Å². The monoisotopic (exact) mass is 497 g/mol. The van der Waals surface area contributed by atoms with Crippen molar-refractivity contribution in [1.82, 2.24) is 9.80 Å². The molecule has 0 aromatic heterocycles. The number of hydrogen-bond acceptors (Lipinski definition) is 3. The van der Waals surface area contributed by atoms with Gasteiger partial charge in [0.15, 0.2) is 0 Å². The molecule has 1 atom stereocenters. The average molecular weight is 499 g/mol. The maximum atomic E-state index is 13.2. The molecule has 0 N–H and O–H groups in total. The van der Waals surface area contributed by atoms with Crippen LogP contribution in [-0.2, 0) is 16.0 Å². The third-order valence-corrected chi connectivity index (χ3v) is 6.09. The van der Waals surface area contributed by atoms with E-state index in [9.17, 15) is 9.59 Å². The second kappa shape index (κ2) is 9.94. The molecular formula is C21H22BrCl2N3O2. The van der Waals surface area contributed by atoms with Crippen LogP contribution in [0.1, 0.15) is 5.56 Å². The summed E-state index contributed by atoms with van der Waals surface area (Å²) < 4.78 is 1.05. The van der Waals surface area contributed by atoms with Gasteiger partial charge in [0.25, 0.3) is 5.91 Å². The predicted octanol–water partition coefficient (Wildman–Crippen LogP) is 4.10. The third kappa shape index (κ3) is 5.72. The van der Waals surface area contributed by atoms with E-state index in [2.05, 4.69) is 33.0 Å². The van der Waals surface area contributed by atoms with Crippen LogP contribution in [0.5, 0.6) is 0 Å². The molecule has 2 amide bonds. The van der Waals surface area contributed by atoms with Crippen molar-refractivity contribution in [2.24, 2.45) is 0 Å². The fourth-order valence-corrected chi connectivity index (χ4v) is 4.20. The van der Waals surface area contributed by atoms with Gasteiger partial charge in [0.05, 0.1) is 0 Å². The molecule has 5 nitrogen and oxygen atoms in total. The molecule has 1 fully saturated rings. The lowest BCUT2D eigenvalue weighted by atomic mass is 10.1. The van der Waals surface area contributed by atoms with Gasteiger partial charge in [0.1, 0.15) is 6.04 Å². The first-order valence-corrected chi connectivity index (χ1v) is 10.8. The summed E-state index contributed by atoms with van der Waals surface area (Å²) in [5.74, 6) is -0.163. The van der Waals surface area contributed by atoms with Crippen molar-refractivity contribution in [3.8, 4) is 0 Å². The van der Waals surface area contributed by atoms with Crippen LogP contribution in [0, 0.1) is 0 Å². The number of piperazine rings is 1. The Bertz CT molecular complexity index is 858. The molecule has 0 bridgehead atoms. The molecule has 0 saturated carbocycles. The van der Waals surface area contributed by atoms with Crippen LogP contribution >= 0.6 is 39.1 Å². The van der Waals surface area contributed by atoms with Gasteiger partial charge < -0.3 is 9.80 Å². The molecule has 8 heteroatoms. The lowest BCUT2D eigenvalue weighted by Gasteiger charge is -2.40. The molecule has 1 heterocycles. The quantitative estimate of drug-likeness (QED) is 0.563. The SMILES string of the molecule is CN(C(=O)C1CN(CCc2ccc(Br)cc2)CCN1C=O)c1cc(Cl)cc(Cl)c1. The molecule has 2 aromatic rings. The summed E-state index contributed by atoms with van der Waals surface area (Å²) in [6, 6.07) is 12.7. The molecule has 154 valence electrons. The Kier molecular flexibility index (Phi) is 7.57. The van der Waals surface area contributed by atoms with E-state index in [0.717, 1.165) is 30.4 Å². The normalized spacial score (nSPS) is 17.2. The van der Waals surface area contributed by atoms with Crippen molar-refractivity contribution in [2.75, 3.05) is 38.1 Å². The van der Waals surface area contributed by atoms with Crippen LogP contribution in [0.25, 0.3) is 0 Å². The van der Waals surface area contributed by atoms with Gasteiger partial charge in [-0.25, -0.2) is 0 Å². The summed E-state index contributed by atoms with van der Waals surface area (Å²) in [7, 11) is 1.67. The van der Waals surface area contributed by atoms with E-state index < -0.39 is 6.04 Å². The second-order valence-electron chi connectivity index (χ2n) is 7.06. The van der Waals surface area contributed by atoms with Crippen LogP contribution in [0.2, 0.25) is 10.0 Å². The maximum Gasteiger partial charge on any atom is 0.250 e. The number of nitrogens with zero attached hydrogens (tertiary/aromatic N) is 3. The van der Waals surface area contributed by atoms with Crippen molar-refractivity contribution in [3.05, 3.63) is 62.5 Å². The first-order valence-electron chi connectivity index (χ1n) is 9.29. The zero-order valence-electron chi connectivity index (χ0n) is 16.0. The molecule has 0 spiro atoms. The minimum Gasteiger partial charge on any atom is -0.331 e. The Morgan fingerprint density at radius 2 is 1.83 bits per heavy atom. The van der Waals surface area contributed by atoms with Crippen molar-refractivity contribution >= 4 is 57.1 Å². The zero-order chi connectivity index (χ0) is 21.0. The van der Waals surface area contributed by atoms with E-state index in [4.69, 9.17) is 23.2 Å². The fraction of sp³-hybridized carbons (Fsp3) is 0.333. The molecule has 2 aromatic carbocycles. The summed E-state index contributed by atoms with van der Waals surface area (Å²) in [5, 5.41) is 0.915. The van der Waals surface area contributed by atoms with Crippen LogP contribution in [0.4, 0.5) is 5.69 Å². The van der Waals surface area contributed by atoms with E-state index in [0.29, 0.717) is 28.8 Å². The standard InChI is InChI=1S/C21H22BrCl2N3O2/c1-25(19-11-17(23)10-18(24)12-19)21(29)20-13-26(8-9-27(20)14-28)7-6-15-2-4-16(22)5-3-15/h2-5,10-12,14,20H,6-9,13H2,1H3. The number of carbonyl (C=O) groups excluding carboxylic acids is 2. The van der Waals surface area contributed by atoms with Crippen molar-refractivity contribution < 1.29 is 9.59 Å². The molecule has 1 aliphatic rings. The number of amides is 2. The van der Waals surface area contributed by atoms with Gasteiger partial charge in [-0.05, 0) is 42.3 Å². The molecule has 1 unspecified atom stereocenters. The summed E-state index contributed by atoms with van der Waals surface area (Å²) in [5.41, 5.74) is 1.84. The van der Waals surface area contributed by atoms with Gasteiger partial charge in [0.2, 0.25) is 6.41 Å². The number of benzene rings is 2. The number of likely N-dealkylation sites (N-methyl/N-ethyl adjacent to an activating group) is 1. The van der Waals surface area contributed by atoms with Gasteiger partial charge in [-0.15, -0.1) is 0 Å². The van der Waals surface area contributed by atoms with Crippen LogP contribution in [0.15, 0.2) is 46.9 Å². The van der Waals surface area contributed by atoms with Crippen molar-refractivity contribution in [2.45, 2.75) is 12.5 Å². The van der Waals surface area contributed by atoms with Crippen molar-refractivity contribution in [1.29, 1.82) is 0 Å². The van der Waals surface area contributed by atoms with Gasteiger partial charge in [-0.1, -0.05) is 51.3 Å². The lowest BCUT2D eigenvalue weighted by Crippen LogP contribution is -2.59. The summed E-state index contributed by atoms with van der Waals surface area (Å²) in [6.45, 7) is 2.58. The number of anilines is 1. The Balaban J connectivity index is 1.68. The highest BCUT2D eigenvalue weighted by molar-refractivity contribution is 9.10. The highest BCUT2D eigenvalue weighted by atomic mass is 79.9. The highest BCUT2D eigenvalue weighted by Gasteiger charge is 2.33. The molecule has 3 rings (SSSR count). The van der Waals surface area contributed by atoms with Gasteiger partial charge in [0, 0.05) is 53.4 Å². The third-order valence-electron chi connectivity index (χ3n) is 5.12. The van der Waals surface area contributed by atoms with Crippen LogP contribution < -0.4 is 4.90 Å². The van der Waals surface area contributed by atoms with E-state index in [1.54, 1.807) is 30.1 Å². The van der Waals surface area contributed by atoms with E-state index in [-0.39, 0.29) is 5.91 Å². The average Bonchev–Trinajstić information content (AvgIpc) is 2.71. The smallest absolute Gasteiger partial charge is 0.250 e. The Labute approximate surface area is 189 Å². The first kappa shape index (κ1) is 22.1. The Hall–Kier alpha value is -1.60. The fourth-order valence-electron chi connectivity index (χ4n) is 3.42. The number of carbonyl (C=O) groups is 2. The molecule has 0 radical (unpaired) electrons. The highest BCUT2D eigenvalue weighted by Crippen LogP contribution is 2.26.